The molecular weight excluding hydrogens is 458 g/mol. The number of rotatable bonds is 3. The summed E-state index contributed by atoms with van der Waals surface area (Å²) in [6.07, 6.45) is 11.8. The monoisotopic (exact) mass is 493 g/mol. The van der Waals surface area contributed by atoms with Gasteiger partial charge in [-0.15, -0.1) is 0 Å². The quantitative estimate of drug-likeness (QED) is 0.682. The molecule has 0 saturated heterocycles. The van der Waals surface area contributed by atoms with Gasteiger partial charge in [-0.2, -0.15) is 0 Å². The van der Waals surface area contributed by atoms with Crippen LogP contribution < -0.4 is 4.72 Å². The summed E-state index contributed by atoms with van der Waals surface area (Å²) in [5.41, 5.74) is 0.467. The first-order valence-corrected chi connectivity index (χ1v) is 14.5. The third-order valence-electron chi connectivity index (χ3n) is 10.3. The predicted molar refractivity (Wildman–Crippen MR) is 136 cm³/mol. The molecular formula is C28H35N3O3S. The molecule has 35 heavy (non-hydrogen) atoms. The predicted octanol–water partition coefficient (Wildman–Crippen LogP) is 4.52. The number of likely N-dealkylation sites (N-methyl/N-ethyl adjacent to an activating group) is 1. The van der Waals surface area contributed by atoms with Crippen molar-refractivity contribution in [3.63, 3.8) is 0 Å². The third-order valence-corrected chi connectivity index (χ3v) is 11.8. The third kappa shape index (κ3) is 3.34. The molecule has 3 aliphatic carbocycles. The molecule has 4 aliphatic rings. The van der Waals surface area contributed by atoms with Crippen LogP contribution >= 0.6 is 0 Å². The van der Waals surface area contributed by atoms with Crippen molar-refractivity contribution in [3.8, 4) is 0 Å². The minimum atomic E-state index is -3.70. The Kier molecular flexibility index (Phi) is 5.21. The van der Waals surface area contributed by atoms with Gasteiger partial charge in [0.1, 0.15) is 4.90 Å². The highest BCUT2D eigenvalue weighted by molar-refractivity contribution is 7.89. The molecule has 0 bridgehead atoms. The van der Waals surface area contributed by atoms with E-state index in [9.17, 15) is 13.2 Å². The van der Waals surface area contributed by atoms with E-state index in [0.717, 1.165) is 43.9 Å². The lowest BCUT2D eigenvalue weighted by Gasteiger charge is -2.60. The van der Waals surface area contributed by atoms with Crippen LogP contribution in [-0.2, 0) is 14.8 Å². The number of fused-ring (bicyclic) bond motifs is 6. The molecule has 1 aliphatic heterocycles. The van der Waals surface area contributed by atoms with Crippen molar-refractivity contribution in [1.29, 1.82) is 0 Å². The number of amides is 1. The number of para-hydroxylation sites is 1. The van der Waals surface area contributed by atoms with Crippen LogP contribution in [0.4, 0.5) is 0 Å². The zero-order valence-corrected chi connectivity index (χ0v) is 21.6. The highest BCUT2D eigenvalue weighted by atomic mass is 32.2. The number of carbonyl (C=O) groups excluding carboxylic acids is 1. The molecule has 7 atom stereocenters. The van der Waals surface area contributed by atoms with E-state index in [4.69, 9.17) is 0 Å². The van der Waals surface area contributed by atoms with Crippen LogP contribution in [0.2, 0.25) is 0 Å². The number of carbonyl (C=O) groups is 1. The lowest BCUT2D eigenvalue weighted by molar-refractivity contribution is -0.138. The fourth-order valence-electron chi connectivity index (χ4n) is 8.48. The van der Waals surface area contributed by atoms with Gasteiger partial charge >= 0.3 is 0 Å². The molecule has 3 fully saturated rings. The minimum Gasteiger partial charge on any atom is -0.338 e. The van der Waals surface area contributed by atoms with Crippen molar-refractivity contribution >= 4 is 26.8 Å². The van der Waals surface area contributed by atoms with Gasteiger partial charge in [-0.05, 0) is 79.9 Å². The van der Waals surface area contributed by atoms with Gasteiger partial charge in [0.15, 0.2) is 0 Å². The summed E-state index contributed by atoms with van der Waals surface area (Å²) in [5.74, 6) is 1.71. The Morgan fingerprint density at radius 2 is 1.83 bits per heavy atom. The molecule has 1 aromatic carbocycles. The Bertz CT molecular complexity index is 1320. The van der Waals surface area contributed by atoms with E-state index in [1.54, 1.807) is 24.4 Å². The van der Waals surface area contributed by atoms with Crippen molar-refractivity contribution in [2.24, 2.45) is 28.6 Å². The molecule has 3 saturated carbocycles. The topological polar surface area (TPSA) is 79.4 Å². The molecule has 6 nitrogen and oxygen atoms in total. The first-order chi connectivity index (χ1) is 16.6. The molecule has 0 radical (unpaired) electrons. The lowest BCUT2D eigenvalue weighted by Crippen LogP contribution is -2.60. The van der Waals surface area contributed by atoms with Gasteiger partial charge < -0.3 is 4.90 Å². The Morgan fingerprint density at radius 3 is 2.66 bits per heavy atom. The van der Waals surface area contributed by atoms with Crippen LogP contribution in [0.5, 0.6) is 0 Å². The van der Waals surface area contributed by atoms with Crippen LogP contribution in [-0.4, -0.2) is 43.3 Å². The van der Waals surface area contributed by atoms with E-state index in [1.165, 1.54) is 0 Å². The standard InChI is InChI=1S/C28H35N3O3S/c1-27-15-13-21-19(9-12-24-28(21,2)16-14-25(32)31(24)3)20(27)10-11-23(27)30-35(33,34)22-8-4-6-18-7-5-17-29-26(18)22/h4-8,14,16-17,19-21,23-24,30H,9-13,15H2,1-3H3/t19-,20-,21+,23?,24?,27-,28+/m0/s1. The fourth-order valence-corrected chi connectivity index (χ4v) is 10.0. The van der Waals surface area contributed by atoms with Crippen LogP contribution in [0, 0.1) is 28.6 Å². The van der Waals surface area contributed by atoms with E-state index in [0.29, 0.717) is 23.3 Å². The van der Waals surface area contributed by atoms with Crippen molar-refractivity contribution in [3.05, 3.63) is 48.7 Å². The molecule has 0 spiro atoms. The zero-order chi connectivity index (χ0) is 24.6. The second kappa shape index (κ2) is 7.87. The maximum atomic E-state index is 13.6. The van der Waals surface area contributed by atoms with E-state index in [1.807, 2.05) is 30.1 Å². The Morgan fingerprint density at radius 1 is 1.03 bits per heavy atom. The van der Waals surface area contributed by atoms with Gasteiger partial charge in [0.25, 0.3) is 0 Å². The highest BCUT2D eigenvalue weighted by Gasteiger charge is 2.60. The van der Waals surface area contributed by atoms with Crippen molar-refractivity contribution in [2.75, 3.05) is 7.05 Å². The van der Waals surface area contributed by atoms with Gasteiger partial charge in [-0.1, -0.05) is 38.1 Å². The molecule has 7 heteroatoms. The number of sulfonamides is 1. The average Bonchev–Trinajstić information content (AvgIpc) is 3.17. The van der Waals surface area contributed by atoms with Gasteiger partial charge in [-0.3, -0.25) is 9.78 Å². The van der Waals surface area contributed by atoms with Gasteiger partial charge in [0.2, 0.25) is 15.9 Å². The maximum Gasteiger partial charge on any atom is 0.246 e. The van der Waals surface area contributed by atoms with Crippen molar-refractivity contribution in [1.82, 2.24) is 14.6 Å². The average molecular weight is 494 g/mol. The summed E-state index contributed by atoms with van der Waals surface area (Å²) in [5, 5.41) is 0.834. The first-order valence-electron chi connectivity index (χ1n) is 13.0. The summed E-state index contributed by atoms with van der Waals surface area (Å²) >= 11 is 0. The van der Waals surface area contributed by atoms with Crippen LogP contribution in [0.3, 0.4) is 0 Å². The van der Waals surface area contributed by atoms with Crippen LogP contribution in [0.1, 0.15) is 52.4 Å². The van der Waals surface area contributed by atoms with Gasteiger partial charge in [-0.25, -0.2) is 13.1 Å². The Hall–Kier alpha value is -2.25. The van der Waals surface area contributed by atoms with E-state index < -0.39 is 10.0 Å². The molecule has 2 unspecified atom stereocenters. The maximum absolute atomic E-state index is 13.6. The molecule has 6 rings (SSSR count). The van der Waals surface area contributed by atoms with E-state index in [-0.39, 0.29) is 33.7 Å². The number of benzene rings is 1. The van der Waals surface area contributed by atoms with E-state index >= 15 is 0 Å². The van der Waals surface area contributed by atoms with Crippen molar-refractivity contribution < 1.29 is 13.2 Å². The Balaban J connectivity index is 1.28. The summed E-state index contributed by atoms with van der Waals surface area (Å²) in [6.45, 7) is 4.66. The van der Waals surface area contributed by atoms with Gasteiger partial charge in [0.05, 0.1) is 5.52 Å². The zero-order valence-electron chi connectivity index (χ0n) is 20.8. The van der Waals surface area contributed by atoms with Crippen LogP contribution in [0.25, 0.3) is 10.9 Å². The fraction of sp³-hybridized carbons (Fsp3) is 0.571. The van der Waals surface area contributed by atoms with Crippen LogP contribution in [0.15, 0.2) is 53.6 Å². The number of hydrogen-bond acceptors (Lipinski definition) is 4. The highest BCUT2D eigenvalue weighted by Crippen LogP contribution is 2.64. The number of nitrogens with zero attached hydrogens (tertiary/aromatic N) is 2. The largest absolute Gasteiger partial charge is 0.338 e. The van der Waals surface area contributed by atoms with Crippen molar-refractivity contribution in [2.45, 2.75) is 69.4 Å². The SMILES string of the molecule is CN1C(=O)C=C[C@@]2(C)C1CC[C@@H]1[C@H]2CC[C@]2(C)C(NS(=O)(=O)c3cccc4cccnc34)CC[C@@H]12. The van der Waals surface area contributed by atoms with E-state index in [2.05, 4.69) is 29.6 Å². The number of aromatic nitrogens is 1. The molecule has 1 amide bonds. The molecule has 186 valence electrons. The lowest BCUT2D eigenvalue weighted by atomic mass is 9.48. The number of pyridine rings is 1. The van der Waals surface area contributed by atoms with Gasteiger partial charge in [0, 0.05) is 36.1 Å². The summed E-state index contributed by atoms with van der Waals surface area (Å²) in [4.78, 5) is 18.9. The Labute approximate surface area is 208 Å². The minimum absolute atomic E-state index is 0.000871. The second-order valence-corrected chi connectivity index (χ2v) is 13.4. The normalized spacial score (nSPS) is 38.8. The molecule has 1 aromatic heterocycles. The molecule has 1 N–H and O–H groups in total. The number of nitrogens with one attached hydrogen (secondary N) is 1. The molecule has 2 aromatic rings. The summed E-state index contributed by atoms with van der Waals surface area (Å²) in [7, 11) is -1.75. The smallest absolute Gasteiger partial charge is 0.246 e. The first kappa shape index (κ1) is 23.2. The summed E-state index contributed by atoms with van der Waals surface area (Å²) in [6, 6.07) is 9.28. The second-order valence-electron chi connectivity index (χ2n) is 11.7. The molecule has 2 heterocycles. The summed E-state index contributed by atoms with van der Waals surface area (Å²) < 4.78 is 30.4. The number of hydrogen-bond donors (Lipinski definition) is 1.